The van der Waals surface area contributed by atoms with Gasteiger partial charge in [0, 0.05) is 10.7 Å². The first-order valence-electron chi connectivity index (χ1n) is 5.73. The van der Waals surface area contributed by atoms with Crippen LogP contribution in [0.2, 0.25) is 0 Å². The number of rotatable bonds is 2. The van der Waals surface area contributed by atoms with Crippen LogP contribution in [0.3, 0.4) is 0 Å². The van der Waals surface area contributed by atoms with Gasteiger partial charge in [-0.2, -0.15) is 0 Å². The van der Waals surface area contributed by atoms with Crippen molar-refractivity contribution in [2.75, 3.05) is 5.32 Å². The van der Waals surface area contributed by atoms with Crippen LogP contribution in [0.5, 0.6) is 0 Å². The fourth-order valence-corrected chi connectivity index (χ4v) is 2.57. The highest BCUT2D eigenvalue weighted by atomic mass is 79.9. The molecular formula is C14H11BrN2O. The first kappa shape index (κ1) is 11.4. The summed E-state index contributed by atoms with van der Waals surface area (Å²) in [5, 5.41) is 2.89. The summed E-state index contributed by atoms with van der Waals surface area (Å²) in [6.07, 6.45) is 4.16. The molecule has 0 bridgehead atoms. The Hall–Kier alpha value is -1.68. The summed E-state index contributed by atoms with van der Waals surface area (Å²) in [6.45, 7) is 0. The number of fused-ring (bicyclic) bond motifs is 1. The van der Waals surface area contributed by atoms with Crippen molar-refractivity contribution < 1.29 is 4.79 Å². The van der Waals surface area contributed by atoms with E-state index in [1.807, 2.05) is 24.3 Å². The van der Waals surface area contributed by atoms with Gasteiger partial charge >= 0.3 is 0 Å². The van der Waals surface area contributed by atoms with Gasteiger partial charge in [-0.1, -0.05) is 24.3 Å². The molecule has 0 spiro atoms. The molecule has 0 saturated carbocycles. The van der Waals surface area contributed by atoms with Crippen molar-refractivity contribution in [1.29, 1.82) is 0 Å². The summed E-state index contributed by atoms with van der Waals surface area (Å²) < 4.78 is 0.856. The maximum absolute atomic E-state index is 12.1. The van der Waals surface area contributed by atoms with Crippen LogP contribution in [0.1, 0.15) is 17.0 Å². The third-order valence-electron chi connectivity index (χ3n) is 3.14. The van der Waals surface area contributed by atoms with E-state index in [1.54, 1.807) is 12.4 Å². The molecule has 1 aromatic heterocycles. The van der Waals surface area contributed by atoms with E-state index in [2.05, 4.69) is 32.3 Å². The molecule has 1 aliphatic carbocycles. The number of hydrogen-bond donors (Lipinski definition) is 1. The van der Waals surface area contributed by atoms with E-state index in [4.69, 9.17) is 0 Å². The van der Waals surface area contributed by atoms with E-state index < -0.39 is 0 Å². The predicted octanol–water partition coefficient (Wildman–Crippen LogP) is 3.12. The highest BCUT2D eigenvalue weighted by molar-refractivity contribution is 9.10. The number of halogens is 1. The number of hydrogen-bond acceptors (Lipinski definition) is 2. The summed E-state index contributed by atoms with van der Waals surface area (Å²) in [4.78, 5) is 16.1. The number of benzene rings is 1. The second-order valence-corrected chi connectivity index (χ2v) is 5.25. The molecule has 1 N–H and O–H groups in total. The molecular weight excluding hydrogens is 292 g/mol. The standard InChI is InChI=1S/C14H11BrN2O/c15-10-6-11(8-16-7-10)17-14(18)13-5-9-3-1-2-4-12(9)13/h1-4,6-8,13H,5H2,(H,17,18). The number of nitrogens with zero attached hydrogens (tertiary/aromatic N) is 1. The minimum atomic E-state index is -0.0276. The lowest BCUT2D eigenvalue weighted by atomic mass is 9.77. The second kappa shape index (κ2) is 4.53. The monoisotopic (exact) mass is 302 g/mol. The summed E-state index contributed by atoms with van der Waals surface area (Å²) >= 11 is 3.33. The van der Waals surface area contributed by atoms with Crippen LogP contribution in [-0.4, -0.2) is 10.9 Å². The molecule has 2 aromatic rings. The maximum atomic E-state index is 12.1. The van der Waals surface area contributed by atoms with Crippen LogP contribution >= 0.6 is 15.9 Å². The molecule has 4 heteroatoms. The maximum Gasteiger partial charge on any atom is 0.232 e. The van der Waals surface area contributed by atoms with E-state index in [9.17, 15) is 4.79 Å². The molecule has 1 unspecified atom stereocenters. The lowest BCUT2D eigenvalue weighted by molar-refractivity contribution is -0.118. The fraction of sp³-hybridized carbons (Fsp3) is 0.143. The number of carbonyl (C=O) groups excluding carboxylic acids is 1. The van der Waals surface area contributed by atoms with E-state index in [0.717, 1.165) is 22.1 Å². The van der Waals surface area contributed by atoms with E-state index in [0.29, 0.717) is 0 Å². The van der Waals surface area contributed by atoms with Crippen LogP contribution in [0.15, 0.2) is 47.2 Å². The number of pyridine rings is 1. The third-order valence-corrected chi connectivity index (χ3v) is 3.58. The number of anilines is 1. The molecule has 90 valence electrons. The molecule has 1 amide bonds. The predicted molar refractivity (Wildman–Crippen MR) is 73.5 cm³/mol. The smallest absolute Gasteiger partial charge is 0.232 e. The zero-order valence-electron chi connectivity index (χ0n) is 9.56. The first-order valence-corrected chi connectivity index (χ1v) is 6.52. The Morgan fingerprint density at radius 3 is 2.94 bits per heavy atom. The second-order valence-electron chi connectivity index (χ2n) is 4.34. The van der Waals surface area contributed by atoms with Crippen molar-refractivity contribution in [2.24, 2.45) is 0 Å². The Morgan fingerprint density at radius 1 is 1.33 bits per heavy atom. The summed E-state index contributed by atoms with van der Waals surface area (Å²) in [7, 11) is 0. The molecule has 3 nitrogen and oxygen atoms in total. The zero-order chi connectivity index (χ0) is 12.5. The molecule has 1 aromatic carbocycles. The third kappa shape index (κ3) is 2.04. The average molecular weight is 303 g/mol. The zero-order valence-corrected chi connectivity index (χ0v) is 11.1. The van der Waals surface area contributed by atoms with Gasteiger partial charge in [-0.05, 0) is 39.5 Å². The Bertz CT molecular complexity index is 612. The molecule has 1 atom stereocenters. The molecule has 0 aliphatic heterocycles. The number of carbonyl (C=O) groups is 1. The first-order chi connectivity index (χ1) is 8.74. The molecule has 18 heavy (non-hydrogen) atoms. The van der Waals surface area contributed by atoms with E-state index >= 15 is 0 Å². The van der Waals surface area contributed by atoms with Gasteiger partial charge in [-0.25, -0.2) is 0 Å². The molecule has 0 radical (unpaired) electrons. The molecule has 1 heterocycles. The lowest BCUT2D eigenvalue weighted by Crippen LogP contribution is -2.30. The average Bonchev–Trinajstić information content (AvgIpc) is 2.30. The van der Waals surface area contributed by atoms with Crippen molar-refractivity contribution in [2.45, 2.75) is 12.3 Å². The van der Waals surface area contributed by atoms with Crippen molar-refractivity contribution >= 4 is 27.5 Å². The van der Waals surface area contributed by atoms with Crippen LogP contribution in [0, 0.1) is 0 Å². The number of nitrogens with one attached hydrogen (secondary N) is 1. The van der Waals surface area contributed by atoms with Gasteiger partial charge in [-0.15, -0.1) is 0 Å². The van der Waals surface area contributed by atoms with Gasteiger partial charge in [0.2, 0.25) is 5.91 Å². The lowest BCUT2D eigenvalue weighted by Gasteiger charge is -2.28. The summed E-state index contributed by atoms with van der Waals surface area (Å²) in [5.74, 6) is 0.00813. The van der Waals surface area contributed by atoms with Crippen LogP contribution in [-0.2, 0) is 11.2 Å². The van der Waals surface area contributed by atoms with Gasteiger partial charge in [0.1, 0.15) is 0 Å². The van der Waals surface area contributed by atoms with Gasteiger partial charge in [0.25, 0.3) is 0 Å². The van der Waals surface area contributed by atoms with Crippen LogP contribution in [0.25, 0.3) is 0 Å². The van der Waals surface area contributed by atoms with E-state index in [1.165, 1.54) is 5.56 Å². The fourth-order valence-electron chi connectivity index (χ4n) is 2.20. The van der Waals surface area contributed by atoms with Crippen molar-refractivity contribution in [3.05, 3.63) is 58.3 Å². The quantitative estimate of drug-likeness (QED) is 0.926. The van der Waals surface area contributed by atoms with Crippen molar-refractivity contribution in [3.63, 3.8) is 0 Å². The highest BCUT2D eigenvalue weighted by Gasteiger charge is 2.31. The highest BCUT2D eigenvalue weighted by Crippen LogP contribution is 2.35. The molecule has 1 aliphatic rings. The Morgan fingerprint density at radius 2 is 2.17 bits per heavy atom. The van der Waals surface area contributed by atoms with Gasteiger partial charge in [0.15, 0.2) is 0 Å². The summed E-state index contributed by atoms with van der Waals surface area (Å²) in [6, 6.07) is 9.90. The Balaban J connectivity index is 1.75. The van der Waals surface area contributed by atoms with Gasteiger partial charge in [-0.3, -0.25) is 9.78 Å². The number of amides is 1. The Kier molecular flexibility index (Phi) is 2.88. The normalized spacial score (nSPS) is 16.6. The van der Waals surface area contributed by atoms with Crippen molar-refractivity contribution in [3.8, 4) is 0 Å². The van der Waals surface area contributed by atoms with Gasteiger partial charge in [0.05, 0.1) is 17.8 Å². The summed E-state index contributed by atoms with van der Waals surface area (Å²) in [5.41, 5.74) is 3.13. The molecule has 3 rings (SSSR count). The topological polar surface area (TPSA) is 42.0 Å². The SMILES string of the molecule is O=C(Nc1cncc(Br)c1)C1Cc2ccccc21. The Labute approximate surface area is 113 Å². The van der Waals surface area contributed by atoms with Gasteiger partial charge < -0.3 is 5.32 Å². The van der Waals surface area contributed by atoms with Crippen molar-refractivity contribution in [1.82, 2.24) is 4.98 Å². The molecule has 0 fully saturated rings. The minimum Gasteiger partial charge on any atom is -0.324 e. The van der Waals surface area contributed by atoms with Crippen LogP contribution < -0.4 is 5.32 Å². The minimum absolute atomic E-state index is 0.0276. The van der Waals surface area contributed by atoms with Crippen LogP contribution in [0.4, 0.5) is 5.69 Å². The van der Waals surface area contributed by atoms with E-state index in [-0.39, 0.29) is 11.8 Å². The largest absolute Gasteiger partial charge is 0.324 e. The number of aromatic nitrogens is 1. The molecule has 0 saturated heterocycles.